The average Bonchev–Trinajstić information content (AvgIpc) is 2.31. The maximum absolute atomic E-state index is 5.83. The first-order valence-electron chi connectivity index (χ1n) is 3.37. The van der Waals surface area contributed by atoms with Crippen molar-refractivity contribution in [3.05, 3.63) is 29.2 Å². The van der Waals surface area contributed by atoms with Gasteiger partial charge in [0.1, 0.15) is 0 Å². The van der Waals surface area contributed by atoms with Gasteiger partial charge in [-0.15, -0.1) is 0 Å². The Kier molecular flexibility index (Phi) is 1.36. The lowest BCUT2D eigenvalue weighted by molar-refractivity contribution is 1.28. The molecular formula is C8H7ClN2. The van der Waals surface area contributed by atoms with E-state index in [9.17, 15) is 0 Å². The number of hydrogen-bond donors (Lipinski definition) is 1. The highest BCUT2D eigenvalue weighted by Gasteiger charge is 2.00. The van der Waals surface area contributed by atoms with E-state index >= 15 is 0 Å². The first-order valence-corrected chi connectivity index (χ1v) is 3.75. The summed E-state index contributed by atoms with van der Waals surface area (Å²) in [5.41, 5.74) is 2.03. The predicted octanol–water partition coefficient (Wildman–Crippen LogP) is 2.52. The fourth-order valence-corrected chi connectivity index (χ4v) is 1.37. The van der Waals surface area contributed by atoms with E-state index in [1.54, 1.807) is 6.20 Å². The topological polar surface area (TPSA) is 28.7 Å². The van der Waals surface area contributed by atoms with Gasteiger partial charge in [-0.3, -0.25) is 0 Å². The Balaban J connectivity index is 2.90. The first-order chi connectivity index (χ1) is 5.27. The summed E-state index contributed by atoms with van der Waals surface area (Å²) < 4.78 is 0. The highest BCUT2D eigenvalue weighted by Crippen LogP contribution is 2.20. The third-order valence-corrected chi connectivity index (χ3v) is 1.92. The third-order valence-electron chi connectivity index (χ3n) is 1.63. The Hall–Kier alpha value is -1.02. The molecule has 0 aliphatic rings. The summed E-state index contributed by atoms with van der Waals surface area (Å²) in [6.45, 7) is 2.00. The van der Waals surface area contributed by atoms with Crippen molar-refractivity contribution < 1.29 is 0 Å². The van der Waals surface area contributed by atoms with Gasteiger partial charge in [-0.2, -0.15) is 0 Å². The molecule has 0 unspecified atom stereocenters. The standard InChI is InChI=1S/C8H7ClN2/c1-5-4-6-2-3-10-8(9)7(6)11-5/h2-4,11H,1H3. The number of H-pyrrole nitrogens is 1. The minimum absolute atomic E-state index is 0.538. The zero-order valence-electron chi connectivity index (χ0n) is 6.06. The van der Waals surface area contributed by atoms with E-state index in [-0.39, 0.29) is 0 Å². The van der Waals surface area contributed by atoms with Crippen LogP contribution >= 0.6 is 11.6 Å². The van der Waals surface area contributed by atoms with E-state index in [2.05, 4.69) is 9.97 Å². The van der Waals surface area contributed by atoms with Gasteiger partial charge in [-0.25, -0.2) is 4.98 Å². The number of aryl methyl sites for hydroxylation is 1. The molecule has 2 heterocycles. The highest BCUT2D eigenvalue weighted by molar-refractivity contribution is 6.33. The van der Waals surface area contributed by atoms with Crippen LogP contribution in [0.15, 0.2) is 18.3 Å². The smallest absolute Gasteiger partial charge is 0.153 e. The van der Waals surface area contributed by atoms with Gasteiger partial charge >= 0.3 is 0 Å². The Morgan fingerprint density at radius 1 is 1.55 bits per heavy atom. The van der Waals surface area contributed by atoms with Crippen LogP contribution in [0.2, 0.25) is 5.15 Å². The van der Waals surface area contributed by atoms with Crippen LogP contribution < -0.4 is 0 Å². The van der Waals surface area contributed by atoms with Crippen molar-refractivity contribution in [1.82, 2.24) is 9.97 Å². The number of pyridine rings is 1. The summed E-state index contributed by atoms with van der Waals surface area (Å²) >= 11 is 5.83. The minimum atomic E-state index is 0.538. The molecule has 2 rings (SSSR count). The molecule has 2 aromatic heterocycles. The highest BCUT2D eigenvalue weighted by atomic mass is 35.5. The van der Waals surface area contributed by atoms with Crippen molar-refractivity contribution in [2.24, 2.45) is 0 Å². The molecule has 0 amide bonds. The summed E-state index contributed by atoms with van der Waals surface area (Å²) in [4.78, 5) is 7.09. The van der Waals surface area contributed by atoms with Gasteiger partial charge in [0.15, 0.2) is 5.15 Å². The quantitative estimate of drug-likeness (QED) is 0.599. The molecule has 0 saturated carbocycles. The number of nitrogens with zero attached hydrogens (tertiary/aromatic N) is 1. The number of fused-ring (bicyclic) bond motifs is 1. The first kappa shape index (κ1) is 6.68. The summed E-state index contributed by atoms with van der Waals surface area (Å²) in [5, 5.41) is 1.65. The van der Waals surface area contributed by atoms with Gasteiger partial charge in [0.25, 0.3) is 0 Å². The average molecular weight is 167 g/mol. The van der Waals surface area contributed by atoms with Crippen LogP contribution in [0, 0.1) is 6.92 Å². The van der Waals surface area contributed by atoms with Crippen LogP contribution in [0.3, 0.4) is 0 Å². The number of aromatic nitrogens is 2. The van der Waals surface area contributed by atoms with Crippen molar-refractivity contribution >= 4 is 22.5 Å². The SMILES string of the molecule is Cc1cc2ccnc(Cl)c2[nH]1. The summed E-state index contributed by atoms with van der Waals surface area (Å²) in [7, 11) is 0. The van der Waals surface area contributed by atoms with Crippen LogP contribution in [0.25, 0.3) is 10.9 Å². The minimum Gasteiger partial charge on any atom is -0.356 e. The van der Waals surface area contributed by atoms with Gasteiger partial charge in [0.2, 0.25) is 0 Å². The zero-order chi connectivity index (χ0) is 7.84. The fraction of sp³-hybridized carbons (Fsp3) is 0.125. The molecule has 0 atom stereocenters. The van der Waals surface area contributed by atoms with Gasteiger partial charge in [0, 0.05) is 17.3 Å². The van der Waals surface area contributed by atoms with Crippen LogP contribution in [0.5, 0.6) is 0 Å². The largest absolute Gasteiger partial charge is 0.356 e. The molecule has 0 aromatic carbocycles. The Labute approximate surface area is 69.2 Å². The van der Waals surface area contributed by atoms with E-state index in [0.717, 1.165) is 16.6 Å². The van der Waals surface area contributed by atoms with Crippen LogP contribution in [0.1, 0.15) is 5.69 Å². The van der Waals surface area contributed by atoms with E-state index in [1.807, 2.05) is 19.1 Å². The molecule has 56 valence electrons. The summed E-state index contributed by atoms with van der Waals surface area (Å²) in [6.07, 6.45) is 1.71. The molecule has 11 heavy (non-hydrogen) atoms. The molecule has 0 saturated heterocycles. The number of hydrogen-bond acceptors (Lipinski definition) is 1. The number of nitrogens with one attached hydrogen (secondary N) is 1. The van der Waals surface area contributed by atoms with Gasteiger partial charge in [0.05, 0.1) is 5.52 Å². The van der Waals surface area contributed by atoms with Crippen LogP contribution in [0.4, 0.5) is 0 Å². The van der Waals surface area contributed by atoms with Crippen molar-refractivity contribution in [3.63, 3.8) is 0 Å². The lowest BCUT2D eigenvalue weighted by Gasteiger charge is -1.89. The fourth-order valence-electron chi connectivity index (χ4n) is 1.16. The number of aromatic amines is 1. The maximum atomic E-state index is 5.83. The lowest BCUT2D eigenvalue weighted by Crippen LogP contribution is -1.75. The van der Waals surface area contributed by atoms with E-state index < -0.39 is 0 Å². The second kappa shape index (κ2) is 2.24. The van der Waals surface area contributed by atoms with E-state index in [0.29, 0.717) is 5.15 Å². The monoisotopic (exact) mass is 166 g/mol. The molecule has 0 radical (unpaired) electrons. The molecule has 3 heteroatoms. The third kappa shape index (κ3) is 0.994. The molecule has 0 bridgehead atoms. The molecule has 2 nitrogen and oxygen atoms in total. The number of rotatable bonds is 0. The second-order valence-corrected chi connectivity index (χ2v) is 2.88. The van der Waals surface area contributed by atoms with Crippen molar-refractivity contribution in [3.8, 4) is 0 Å². The predicted molar refractivity (Wildman–Crippen MR) is 45.8 cm³/mol. The number of halogens is 1. The summed E-state index contributed by atoms with van der Waals surface area (Å²) in [6, 6.07) is 3.98. The van der Waals surface area contributed by atoms with Crippen LogP contribution in [-0.4, -0.2) is 9.97 Å². The molecule has 0 aliphatic heterocycles. The Morgan fingerprint density at radius 2 is 2.36 bits per heavy atom. The van der Waals surface area contributed by atoms with Gasteiger partial charge < -0.3 is 4.98 Å². The molecule has 0 spiro atoms. The van der Waals surface area contributed by atoms with Gasteiger partial charge in [-0.05, 0) is 19.1 Å². The molecule has 1 N–H and O–H groups in total. The van der Waals surface area contributed by atoms with E-state index in [4.69, 9.17) is 11.6 Å². The second-order valence-electron chi connectivity index (χ2n) is 2.52. The van der Waals surface area contributed by atoms with Gasteiger partial charge in [-0.1, -0.05) is 11.6 Å². The van der Waals surface area contributed by atoms with Crippen molar-refractivity contribution in [1.29, 1.82) is 0 Å². The van der Waals surface area contributed by atoms with Crippen LogP contribution in [-0.2, 0) is 0 Å². The normalized spacial score (nSPS) is 10.7. The summed E-state index contributed by atoms with van der Waals surface area (Å²) in [5.74, 6) is 0. The van der Waals surface area contributed by atoms with Crippen molar-refractivity contribution in [2.75, 3.05) is 0 Å². The molecule has 0 aliphatic carbocycles. The maximum Gasteiger partial charge on any atom is 0.153 e. The molecule has 2 aromatic rings. The molecular weight excluding hydrogens is 160 g/mol. The molecule has 0 fully saturated rings. The Bertz CT molecular complexity index is 392. The van der Waals surface area contributed by atoms with E-state index in [1.165, 1.54) is 0 Å². The van der Waals surface area contributed by atoms with Crippen molar-refractivity contribution in [2.45, 2.75) is 6.92 Å². The lowest BCUT2D eigenvalue weighted by atomic mass is 10.3. The Morgan fingerprint density at radius 3 is 3.09 bits per heavy atom. The zero-order valence-corrected chi connectivity index (χ0v) is 6.81.